The molecule has 0 saturated heterocycles. The highest BCUT2D eigenvalue weighted by atomic mass is 79.9. The molecule has 106 valence electrons. The van der Waals surface area contributed by atoms with E-state index in [2.05, 4.69) is 20.2 Å². The minimum Gasteiger partial charge on any atom is -0.246 e. The molecule has 19 heavy (non-hydrogen) atoms. The van der Waals surface area contributed by atoms with Crippen molar-refractivity contribution in [2.45, 2.75) is 49.5 Å². The summed E-state index contributed by atoms with van der Waals surface area (Å²) < 4.78 is 29.0. The van der Waals surface area contributed by atoms with Crippen molar-refractivity contribution in [2.24, 2.45) is 0 Å². The Labute approximate surface area is 126 Å². The highest BCUT2D eigenvalue weighted by Crippen LogP contribution is 2.36. The Balaban J connectivity index is 2.10. The van der Waals surface area contributed by atoms with E-state index in [9.17, 15) is 8.78 Å². The normalized spacial score (nSPS) is 17.4. The van der Waals surface area contributed by atoms with E-state index >= 15 is 0 Å². The van der Waals surface area contributed by atoms with Gasteiger partial charge in [0.1, 0.15) is 0 Å². The van der Waals surface area contributed by atoms with Gasteiger partial charge >= 0.3 is 0 Å². The molecule has 0 heterocycles. The van der Waals surface area contributed by atoms with Crippen molar-refractivity contribution in [3.63, 3.8) is 0 Å². The van der Waals surface area contributed by atoms with Crippen LogP contribution in [0, 0.1) is 0 Å². The van der Waals surface area contributed by atoms with Crippen LogP contribution in [0.5, 0.6) is 0 Å². The summed E-state index contributed by atoms with van der Waals surface area (Å²) in [6, 6.07) is 5.46. The Bertz CT molecular complexity index is 422. The van der Waals surface area contributed by atoms with E-state index < -0.39 is 6.43 Å². The summed E-state index contributed by atoms with van der Waals surface area (Å²) in [5, 5.41) is 0. The molecule has 0 N–H and O–H groups in total. The van der Waals surface area contributed by atoms with Gasteiger partial charge in [0.2, 0.25) is 0 Å². The molecule has 0 aromatic heterocycles. The maximum absolute atomic E-state index is 13.0. The molecular weight excluding hydrogens is 332 g/mol. The Morgan fingerprint density at radius 3 is 2.58 bits per heavy atom. The van der Waals surface area contributed by atoms with E-state index in [0.29, 0.717) is 10.9 Å². The van der Waals surface area contributed by atoms with Crippen LogP contribution < -0.4 is 0 Å². The summed E-state index contributed by atoms with van der Waals surface area (Å²) in [7, 11) is 2.01. The molecule has 1 aliphatic rings. The quantitative estimate of drug-likeness (QED) is 0.645. The SMILES string of the molecule is CN(Sc1cc(Br)ccc1C(F)F)C1CCCCC1. The van der Waals surface area contributed by atoms with Crippen LogP contribution >= 0.6 is 27.9 Å². The molecule has 0 radical (unpaired) electrons. The molecule has 5 heteroatoms. The molecule has 2 rings (SSSR count). The lowest BCUT2D eigenvalue weighted by molar-refractivity contribution is 0.148. The largest absolute Gasteiger partial charge is 0.264 e. The molecule has 1 aliphatic carbocycles. The predicted octanol–water partition coefficient (Wildman–Crippen LogP) is 5.66. The number of rotatable bonds is 4. The topological polar surface area (TPSA) is 3.24 Å². The van der Waals surface area contributed by atoms with Gasteiger partial charge in [-0.25, -0.2) is 13.1 Å². The first kappa shape index (κ1) is 15.3. The van der Waals surface area contributed by atoms with E-state index in [1.54, 1.807) is 12.1 Å². The average molecular weight is 350 g/mol. The summed E-state index contributed by atoms with van der Waals surface area (Å²) in [5.41, 5.74) is 0.121. The standard InChI is InChI=1S/C14H18BrF2NS/c1-18(11-5-3-2-4-6-11)19-13-9-10(15)7-8-12(13)14(16)17/h7-9,11,14H,2-6H2,1H3. The molecule has 1 nitrogen and oxygen atoms in total. The molecule has 1 fully saturated rings. The molecule has 0 aliphatic heterocycles. The second-order valence-electron chi connectivity index (χ2n) is 4.91. The number of alkyl halides is 2. The fourth-order valence-electron chi connectivity index (χ4n) is 2.44. The van der Waals surface area contributed by atoms with Crippen LogP contribution in [-0.4, -0.2) is 17.4 Å². The van der Waals surface area contributed by atoms with Crippen molar-refractivity contribution in [2.75, 3.05) is 7.05 Å². The Hall–Kier alpha value is -0.130. The van der Waals surface area contributed by atoms with Crippen LogP contribution in [0.15, 0.2) is 27.6 Å². The highest BCUT2D eigenvalue weighted by molar-refractivity contribution is 9.10. The molecule has 0 unspecified atom stereocenters. The van der Waals surface area contributed by atoms with Gasteiger partial charge in [0.15, 0.2) is 0 Å². The first-order valence-corrected chi connectivity index (χ1v) is 8.13. The van der Waals surface area contributed by atoms with Crippen molar-refractivity contribution in [3.8, 4) is 0 Å². The van der Waals surface area contributed by atoms with Crippen molar-refractivity contribution in [1.29, 1.82) is 0 Å². The Morgan fingerprint density at radius 1 is 1.26 bits per heavy atom. The van der Waals surface area contributed by atoms with Crippen molar-refractivity contribution < 1.29 is 8.78 Å². The maximum atomic E-state index is 13.0. The Morgan fingerprint density at radius 2 is 1.95 bits per heavy atom. The molecule has 0 amide bonds. The van der Waals surface area contributed by atoms with Gasteiger partial charge in [-0.05, 0) is 44.0 Å². The van der Waals surface area contributed by atoms with Gasteiger partial charge in [0, 0.05) is 21.0 Å². The van der Waals surface area contributed by atoms with E-state index in [-0.39, 0.29) is 5.56 Å². The second kappa shape index (κ2) is 7.04. The van der Waals surface area contributed by atoms with Crippen LogP contribution in [0.3, 0.4) is 0 Å². The lowest BCUT2D eigenvalue weighted by atomic mass is 9.96. The summed E-state index contributed by atoms with van der Waals surface area (Å²) >= 11 is 4.80. The van der Waals surface area contributed by atoms with E-state index in [4.69, 9.17) is 0 Å². The third-order valence-electron chi connectivity index (χ3n) is 3.54. The van der Waals surface area contributed by atoms with Crippen molar-refractivity contribution in [3.05, 3.63) is 28.2 Å². The fourth-order valence-corrected chi connectivity index (χ4v) is 4.07. The lowest BCUT2D eigenvalue weighted by Gasteiger charge is -2.30. The van der Waals surface area contributed by atoms with Crippen LogP contribution in [0.25, 0.3) is 0 Å². The third kappa shape index (κ3) is 4.17. The smallest absolute Gasteiger partial charge is 0.246 e. The monoisotopic (exact) mass is 349 g/mol. The Kier molecular flexibility index (Phi) is 5.66. The van der Waals surface area contributed by atoms with Crippen LogP contribution in [0.2, 0.25) is 0 Å². The minimum atomic E-state index is -2.42. The molecule has 0 bridgehead atoms. The van der Waals surface area contributed by atoms with Gasteiger partial charge in [-0.3, -0.25) is 0 Å². The first-order valence-electron chi connectivity index (χ1n) is 6.56. The average Bonchev–Trinajstić information content (AvgIpc) is 2.39. The number of hydrogen-bond donors (Lipinski definition) is 0. The summed E-state index contributed by atoms with van der Waals surface area (Å²) in [4.78, 5) is 0.650. The molecule has 1 saturated carbocycles. The zero-order valence-electron chi connectivity index (χ0n) is 10.9. The van der Waals surface area contributed by atoms with Gasteiger partial charge in [0.05, 0.1) is 0 Å². The number of hydrogen-bond acceptors (Lipinski definition) is 2. The predicted molar refractivity (Wildman–Crippen MR) is 79.6 cm³/mol. The first-order chi connectivity index (χ1) is 9.08. The molecule has 0 atom stereocenters. The number of halogens is 3. The van der Waals surface area contributed by atoms with Gasteiger partial charge in [0.25, 0.3) is 6.43 Å². The van der Waals surface area contributed by atoms with Crippen molar-refractivity contribution >= 4 is 27.9 Å². The third-order valence-corrected chi connectivity index (χ3v) is 5.17. The van der Waals surface area contributed by atoms with E-state index in [0.717, 1.165) is 4.47 Å². The number of benzene rings is 1. The maximum Gasteiger partial charge on any atom is 0.264 e. The molecule has 1 aromatic rings. The second-order valence-corrected chi connectivity index (χ2v) is 7.03. The van der Waals surface area contributed by atoms with Gasteiger partial charge in [-0.1, -0.05) is 41.3 Å². The molecule has 0 spiro atoms. The van der Waals surface area contributed by atoms with Crippen LogP contribution in [-0.2, 0) is 0 Å². The van der Waals surface area contributed by atoms with Gasteiger partial charge in [-0.15, -0.1) is 0 Å². The minimum absolute atomic E-state index is 0.121. The number of nitrogens with zero attached hydrogens (tertiary/aromatic N) is 1. The lowest BCUT2D eigenvalue weighted by Crippen LogP contribution is -2.28. The summed E-state index contributed by atoms with van der Waals surface area (Å²) in [5.74, 6) is 0. The molecular formula is C14H18BrF2NS. The van der Waals surface area contributed by atoms with E-state index in [1.807, 2.05) is 7.05 Å². The van der Waals surface area contributed by atoms with Crippen molar-refractivity contribution in [1.82, 2.24) is 4.31 Å². The highest BCUT2D eigenvalue weighted by Gasteiger charge is 2.21. The van der Waals surface area contributed by atoms with Crippen LogP contribution in [0.1, 0.15) is 44.1 Å². The zero-order valence-corrected chi connectivity index (χ0v) is 13.3. The zero-order chi connectivity index (χ0) is 13.8. The summed E-state index contributed by atoms with van der Waals surface area (Å²) in [6.45, 7) is 0. The summed E-state index contributed by atoms with van der Waals surface area (Å²) in [6.07, 6.45) is 3.71. The fraction of sp³-hybridized carbons (Fsp3) is 0.571. The van der Waals surface area contributed by atoms with E-state index in [1.165, 1.54) is 50.1 Å². The van der Waals surface area contributed by atoms with Gasteiger partial charge in [-0.2, -0.15) is 0 Å². The van der Waals surface area contributed by atoms with Gasteiger partial charge < -0.3 is 0 Å². The molecule has 1 aromatic carbocycles. The van der Waals surface area contributed by atoms with Crippen LogP contribution in [0.4, 0.5) is 8.78 Å².